The zero-order valence-electron chi connectivity index (χ0n) is 8.22. The molecule has 0 amide bonds. The van der Waals surface area contributed by atoms with Crippen LogP contribution in [0.1, 0.15) is 0 Å². The first-order valence-electron chi connectivity index (χ1n) is 4.66. The number of aromatic nitrogens is 2. The molecule has 0 saturated heterocycles. The molecule has 0 aliphatic carbocycles. The SMILES string of the molecule is CN(CCN)c1cccc2nccn12. The summed E-state index contributed by atoms with van der Waals surface area (Å²) in [4.78, 5) is 6.35. The van der Waals surface area contributed by atoms with Gasteiger partial charge in [-0.05, 0) is 12.1 Å². The van der Waals surface area contributed by atoms with Gasteiger partial charge in [0.05, 0.1) is 0 Å². The van der Waals surface area contributed by atoms with Crippen LogP contribution in [-0.4, -0.2) is 29.5 Å². The lowest BCUT2D eigenvalue weighted by molar-refractivity contribution is 0.858. The fourth-order valence-corrected chi connectivity index (χ4v) is 1.55. The van der Waals surface area contributed by atoms with E-state index in [1.54, 1.807) is 6.20 Å². The molecule has 0 fully saturated rings. The van der Waals surface area contributed by atoms with E-state index in [1.165, 1.54) is 0 Å². The number of hydrogen-bond acceptors (Lipinski definition) is 3. The van der Waals surface area contributed by atoms with Gasteiger partial charge in [0.25, 0.3) is 0 Å². The first-order chi connectivity index (χ1) is 6.83. The third-order valence-electron chi connectivity index (χ3n) is 2.26. The Hall–Kier alpha value is -1.55. The van der Waals surface area contributed by atoms with Gasteiger partial charge in [-0.1, -0.05) is 6.07 Å². The van der Waals surface area contributed by atoms with Gasteiger partial charge >= 0.3 is 0 Å². The van der Waals surface area contributed by atoms with E-state index in [0.29, 0.717) is 6.54 Å². The summed E-state index contributed by atoms with van der Waals surface area (Å²) in [6, 6.07) is 6.05. The van der Waals surface area contributed by atoms with Crippen molar-refractivity contribution in [2.75, 3.05) is 25.0 Å². The van der Waals surface area contributed by atoms with Crippen molar-refractivity contribution in [2.45, 2.75) is 0 Å². The van der Waals surface area contributed by atoms with Crippen LogP contribution < -0.4 is 10.6 Å². The van der Waals surface area contributed by atoms with Crippen LogP contribution in [0, 0.1) is 0 Å². The molecule has 2 rings (SSSR count). The zero-order chi connectivity index (χ0) is 9.97. The molecule has 0 spiro atoms. The Kier molecular flexibility index (Phi) is 2.37. The summed E-state index contributed by atoms with van der Waals surface area (Å²) in [7, 11) is 2.03. The second-order valence-electron chi connectivity index (χ2n) is 3.25. The van der Waals surface area contributed by atoms with Gasteiger partial charge in [0.1, 0.15) is 11.5 Å². The lowest BCUT2D eigenvalue weighted by atomic mass is 10.4. The van der Waals surface area contributed by atoms with Gasteiger partial charge in [-0.25, -0.2) is 4.98 Å². The molecule has 0 atom stereocenters. The highest BCUT2D eigenvalue weighted by atomic mass is 15.2. The minimum absolute atomic E-state index is 0.654. The highest BCUT2D eigenvalue weighted by molar-refractivity contribution is 5.50. The summed E-state index contributed by atoms with van der Waals surface area (Å²) in [5.74, 6) is 1.12. The Balaban J connectivity index is 2.45. The van der Waals surface area contributed by atoms with Gasteiger partial charge in [0, 0.05) is 32.5 Å². The number of nitrogens with zero attached hydrogens (tertiary/aromatic N) is 3. The Labute approximate surface area is 83.0 Å². The molecule has 4 heteroatoms. The molecule has 0 aromatic carbocycles. The van der Waals surface area contributed by atoms with Crippen LogP contribution >= 0.6 is 0 Å². The summed E-state index contributed by atoms with van der Waals surface area (Å²) in [5.41, 5.74) is 6.48. The molecule has 0 unspecified atom stereocenters. The van der Waals surface area contributed by atoms with E-state index in [9.17, 15) is 0 Å². The molecule has 0 aliphatic rings. The predicted molar refractivity (Wildman–Crippen MR) is 57.5 cm³/mol. The van der Waals surface area contributed by atoms with Crippen molar-refractivity contribution in [2.24, 2.45) is 5.73 Å². The smallest absolute Gasteiger partial charge is 0.138 e. The Morgan fingerprint density at radius 1 is 1.50 bits per heavy atom. The first kappa shape index (κ1) is 9.02. The van der Waals surface area contributed by atoms with E-state index in [-0.39, 0.29) is 0 Å². The van der Waals surface area contributed by atoms with Crippen molar-refractivity contribution in [1.82, 2.24) is 9.38 Å². The monoisotopic (exact) mass is 190 g/mol. The predicted octanol–water partition coefficient (Wildman–Crippen LogP) is 0.729. The molecule has 2 aromatic rings. The summed E-state index contributed by atoms with van der Waals surface area (Å²) in [6.45, 7) is 1.50. The maximum absolute atomic E-state index is 5.52. The van der Waals surface area contributed by atoms with E-state index in [0.717, 1.165) is 18.0 Å². The van der Waals surface area contributed by atoms with Crippen LogP contribution in [0.3, 0.4) is 0 Å². The van der Waals surface area contributed by atoms with Crippen LogP contribution in [0.5, 0.6) is 0 Å². The largest absolute Gasteiger partial charge is 0.359 e. The lowest BCUT2D eigenvalue weighted by Crippen LogP contribution is -2.26. The molecule has 2 heterocycles. The minimum atomic E-state index is 0.654. The highest BCUT2D eigenvalue weighted by Crippen LogP contribution is 2.14. The summed E-state index contributed by atoms with van der Waals surface area (Å²) < 4.78 is 2.05. The molecule has 0 saturated carbocycles. The summed E-state index contributed by atoms with van der Waals surface area (Å²) in [5, 5.41) is 0. The van der Waals surface area contributed by atoms with E-state index in [2.05, 4.69) is 20.4 Å². The Morgan fingerprint density at radius 3 is 3.14 bits per heavy atom. The molecule has 0 radical (unpaired) electrons. The van der Waals surface area contributed by atoms with E-state index in [1.807, 2.05) is 25.4 Å². The van der Waals surface area contributed by atoms with E-state index >= 15 is 0 Å². The van der Waals surface area contributed by atoms with E-state index < -0.39 is 0 Å². The fraction of sp³-hybridized carbons (Fsp3) is 0.300. The topological polar surface area (TPSA) is 46.6 Å². The molecule has 2 aromatic heterocycles. The molecule has 4 nitrogen and oxygen atoms in total. The lowest BCUT2D eigenvalue weighted by Gasteiger charge is -2.19. The van der Waals surface area contributed by atoms with E-state index in [4.69, 9.17) is 5.73 Å². The molecule has 14 heavy (non-hydrogen) atoms. The average Bonchev–Trinajstić information content (AvgIpc) is 2.65. The van der Waals surface area contributed by atoms with Crippen molar-refractivity contribution in [1.29, 1.82) is 0 Å². The van der Waals surface area contributed by atoms with Gasteiger partial charge in [0.15, 0.2) is 0 Å². The van der Waals surface area contributed by atoms with Gasteiger partial charge in [-0.15, -0.1) is 0 Å². The first-order valence-corrected chi connectivity index (χ1v) is 4.66. The molecular formula is C10H14N4. The summed E-state index contributed by atoms with van der Waals surface area (Å²) in [6.07, 6.45) is 3.76. The van der Waals surface area contributed by atoms with Crippen LogP contribution in [-0.2, 0) is 0 Å². The van der Waals surface area contributed by atoms with Crippen LogP contribution in [0.2, 0.25) is 0 Å². The van der Waals surface area contributed by atoms with Crippen LogP contribution in [0.25, 0.3) is 5.65 Å². The molecule has 0 bridgehead atoms. The molecular weight excluding hydrogens is 176 g/mol. The fourth-order valence-electron chi connectivity index (χ4n) is 1.55. The van der Waals surface area contributed by atoms with Gasteiger partial charge < -0.3 is 10.6 Å². The quantitative estimate of drug-likeness (QED) is 0.776. The third kappa shape index (κ3) is 1.44. The summed E-state index contributed by atoms with van der Waals surface area (Å²) >= 11 is 0. The standard InChI is InChI=1S/C10H14N4/c1-13(7-5-11)10-4-2-3-9-12-6-8-14(9)10/h2-4,6,8H,5,7,11H2,1H3. The van der Waals surface area contributed by atoms with Crippen molar-refractivity contribution in [3.05, 3.63) is 30.6 Å². The second-order valence-corrected chi connectivity index (χ2v) is 3.25. The number of hydrogen-bond donors (Lipinski definition) is 1. The maximum Gasteiger partial charge on any atom is 0.138 e. The number of anilines is 1. The average molecular weight is 190 g/mol. The zero-order valence-corrected chi connectivity index (χ0v) is 8.22. The normalized spacial score (nSPS) is 10.7. The van der Waals surface area contributed by atoms with Crippen molar-refractivity contribution >= 4 is 11.5 Å². The second kappa shape index (κ2) is 3.67. The third-order valence-corrected chi connectivity index (χ3v) is 2.26. The van der Waals surface area contributed by atoms with Crippen molar-refractivity contribution < 1.29 is 0 Å². The number of imidazole rings is 1. The molecule has 74 valence electrons. The Bertz CT molecular complexity index is 421. The van der Waals surface area contributed by atoms with Crippen molar-refractivity contribution in [3.63, 3.8) is 0 Å². The van der Waals surface area contributed by atoms with Gasteiger partial charge in [-0.3, -0.25) is 4.40 Å². The minimum Gasteiger partial charge on any atom is -0.359 e. The van der Waals surface area contributed by atoms with Gasteiger partial charge in [0.2, 0.25) is 0 Å². The Morgan fingerprint density at radius 2 is 2.36 bits per heavy atom. The maximum atomic E-state index is 5.52. The number of pyridine rings is 1. The van der Waals surface area contributed by atoms with Gasteiger partial charge in [-0.2, -0.15) is 0 Å². The molecule has 0 aliphatic heterocycles. The van der Waals surface area contributed by atoms with Crippen molar-refractivity contribution in [3.8, 4) is 0 Å². The highest BCUT2D eigenvalue weighted by Gasteiger charge is 2.03. The van der Waals surface area contributed by atoms with Crippen LogP contribution in [0.15, 0.2) is 30.6 Å². The van der Waals surface area contributed by atoms with Crippen LogP contribution in [0.4, 0.5) is 5.82 Å². The molecule has 2 N–H and O–H groups in total. The number of fused-ring (bicyclic) bond motifs is 1. The number of rotatable bonds is 3. The number of likely N-dealkylation sites (N-methyl/N-ethyl adjacent to an activating group) is 1. The number of nitrogens with two attached hydrogens (primary N) is 1.